The Labute approximate surface area is 129 Å². The van der Waals surface area contributed by atoms with Crippen LogP contribution in [0.25, 0.3) is 0 Å². The highest BCUT2D eigenvalue weighted by Crippen LogP contribution is 2.33. The molecule has 2 aliphatic rings. The summed E-state index contributed by atoms with van der Waals surface area (Å²) in [6.07, 6.45) is 1.74. The molecule has 0 aliphatic carbocycles. The minimum absolute atomic E-state index is 0.0349. The van der Waals surface area contributed by atoms with E-state index in [0.29, 0.717) is 18.0 Å². The lowest BCUT2D eigenvalue weighted by atomic mass is 10.2. The number of rotatable bonds is 4. The number of sulfonamides is 1. The van der Waals surface area contributed by atoms with Crippen molar-refractivity contribution in [2.24, 2.45) is 0 Å². The van der Waals surface area contributed by atoms with E-state index in [-0.39, 0.29) is 30.1 Å². The summed E-state index contributed by atoms with van der Waals surface area (Å²) in [4.78, 5) is 13.1. The van der Waals surface area contributed by atoms with Crippen LogP contribution in [0.15, 0.2) is 23.1 Å². The van der Waals surface area contributed by atoms with Gasteiger partial charge in [-0.05, 0) is 31.0 Å². The van der Waals surface area contributed by atoms with Crippen LogP contribution in [0.1, 0.15) is 12.8 Å². The number of amides is 1. The summed E-state index contributed by atoms with van der Waals surface area (Å²) >= 11 is 0. The van der Waals surface area contributed by atoms with Gasteiger partial charge in [0.25, 0.3) is 5.91 Å². The maximum Gasteiger partial charge on any atom is 0.264 e. The zero-order valence-corrected chi connectivity index (χ0v) is 13.1. The quantitative estimate of drug-likeness (QED) is 0.871. The summed E-state index contributed by atoms with van der Waals surface area (Å²) in [5, 5.41) is 0. The van der Waals surface area contributed by atoms with Crippen LogP contribution in [0.3, 0.4) is 0 Å². The van der Waals surface area contributed by atoms with E-state index in [1.807, 2.05) is 0 Å². The third kappa shape index (κ3) is 2.94. The van der Waals surface area contributed by atoms with Gasteiger partial charge in [-0.15, -0.1) is 0 Å². The molecule has 1 aromatic rings. The number of hydrogen-bond acceptors (Lipinski definition) is 5. The highest BCUT2D eigenvalue weighted by Gasteiger charge is 2.26. The Hall–Kier alpha value is -1.64. The van der Waals surface area contributed by atoms with Gasteiger partial charge in [0, 0.05) is 20.2 Å². The maximum absolute atomic E-state index is 12.4. The number of fused-ring (bicyclic) bond motifs is 1. The molecule has 1 aromatic carbocycles. The van der Waals surface area contributed by atoms with Gasteiger partial charge in [0.15, 0.2) is 6.61 Å². The van der Waals surface area contributed by atoms with Gasteiger partial charge in [-0.3, -0.25) is 4.79 Å². The fourth-order valence-electron chi connectivity index (χ4n) is 2.51. The highest BCUT2D eigenvalue weighted by atomic mass is 32.2. The zero-order chi connectivity index (χ0) is 15.7. The largest absolute Gasteiger partial charge is 0.482 e. The van der Waals surface area contributed by atoms with Gasteiger partial charge in [-0.25, -0.2) is 13.1 Å². The number of benzene rings is 1. The standard InChI is InChI=1S/C14H18N2O5S/c1-16-12-7-11(4-5-13(12)21-9-14(16)17)22(18,19)15-8-10-3-2-6-20-10/h4-5,7,10,15H,2-3,6,8-9H2,1H3. The van der Waals surface area contributed by atoms with Crippen LogP contribution in [0.2, 0.25) is 0 Å². The summed E-state index contributed by atoms with van der Waals surface area (Å²) in [5.41, 5.74) is 0.455. The average Bonchev–Trinajstić information content (AvgIpc) is 3.02. The fourth-order valence-corrected chi connectivity index (χ4v) is 3.60. The molecule has 0 spiro atoms. The molecular weight excluding hydrogens is 308 g/mol. The SMILES string of the molecule is CN1C(=O)COc2ccc(S(=O)(=O)NCC3CCCO3)cc21. The molecule has 3 rings (SSSR count). The third-order valence-electron chi connectivity index (χ3n) is 3.85. The number of ether oxygens (including phenoxy) is 2. The fraction of sp³-hybridized carbons (Fsp3) is 0.500. The first-order valence-electron chi connectivity index (χ1n) is 7.12. The highest BCUT2D eigenvalue weighted by molar-refractivity contribution is 7.89. The van der Waals surface area contributed by atoms with Gasteiger partial charge in [-0.1, -0.05) is 0 Å². The molecular formula is C14H18N2O5S. The molecule has 0 saturated carbocycles. The average molecular weight is 326 g/mol. The number of nitrogens with zero attached hydrogens (tertiary/aromatic N) is 1. The van der Waals surface area contributed by atoms with Crippen LogP contribution < -0.4 is 14.4 Å². The van der Waals surface area contributed by atoms with E-state index in [2.05, 4.69) is 4.72 Å². The van der Waals surface area contributed by atoms with E-state index in [1.54, 1.807) is 13.1 Å². The summed E-state index contributed by atoms with van der Waals surface area (Å²) in [6.45, 7) is 0.896. The first-order valence-corrected chi connectivity index (χ1v) is 8.60. The van der Waals surface area contributed by atoms with Gasteiger partial charge < -0.3 is 14.4 Å². The molecule has 1 fully saturated rings. The van der Waals surface area contributed by atoms with Crippen LogP contribution in [0.5, 0.6) is 5.75 Å². The Balaban J connectivity index is 1.80. The minimum atomic E-state index is -3.65. The normalized spacial score (nSPS) is 21.6. The van der Waals surface area contributed by atoms with Crippen molar-refractivity contribution in [1.29, 1.82) is 0 Å². The second-order valence-corrected chi connectivity index (χ2v) is 7.12. The van der Waals surface area contributed by atoms with E-state index in [0.717, 1.165) is 12.8 Å². The lowest BCUT2D eigenvalue weighted by molar-refractivity contribution is -0.120. The molecule has 0 bridgehead atoms. The molecule has 7 nitrogen and oxygen atoms in total. The number of carbonyl (C=O) groups excluding carboxylic acids is 1. The number of likely N-dealkylation sites (N-methyl/N-ethyl adjacent to an activating group) is 1. The second kappa shape index (κ2) is 5.86. The molecule has 1 saturated heterocycles. The van der Waals surface area contributed by atoms with Gasteiger partial charge in [0.05, 0.1) is 16.7 Å². The Morgan fingerprint density at radius 3 is 2.95 bits per heavy atom. The lowest BCUT2D eigenvalue weighted by Gasteiger charge is -2.26. The summed E-state index contributed by atoms with van der Waals surface area (Å²) in [5.74, 6) is 0.287. The van der Waals surface area contributed by atoms with Crippen LogP contribution in [-0.4, -0.2) is 47.2 Å². The first-order chi connectivity index (χ1) is 10.5. The van der Waals surface area contributed by atoms with Crippen molar-refractivity contribution in [3.05, 3.63) is 18.2 Å². The Kier molecular flexibility index (Phi) is 4.07. The molecule has 2 heterocycles. The van der Waals surface area contributed by atoms with Crippen LogP contribution in [0, 0.1) is 0 Å². The predicted octanol–water partition coefficient (Wildman–Crippen LogP) is 0.499. The smallest absolute Gasteiger partial charge is 0.264 e. The lowest BCUT2D eigenvalue weighted by Crippen LogP contribution is -2.36. The minimum Gasteiger partial charge on any atom is -0.482 e. The van der Waals surface area contributed by atoms with Crippen molar-refractivity contribution >= 4 is 21.6 Å². The Morgan fingerprint density at radius 1 is 1.41 bits per heavy atom. The van der Waals surface area contributed by atoms with E-state index in [4.69, 9.17) is 9.47 Å². The van der Waals surface area contributed by atoms with Crippen molar-refractivity contribution in [2.45, 2.75) is 23.8 Å². The van der Waals surface area contributed by atoms with Gasteiger partial charge in [-0.2, -0.15) is 0 Å². The topological polar surface area (TPSA) is 84.9 Å². The molecule has 1 amide bonds. The molecule has 8 heteroatoms. The molecule has 1 N–H and O–H groups in total. The monoisotopic (exact) mass is 326 g/mol. The second-order valence-electron chi connectivity index (χ2n) is 5.36. The number of nitrogens with one attached hydrogen (secondary N) is 1. The van der Waals surface area contributed by atoms with Crippen molar-refractivity contribution in [3.8, 4) is 5.75 Å². The Bertz CT molecular complexity index is 682. The van der Waals surface area contributed by atoms with Crippen molar-refractivity contribution in [2.75, 3.05) is 31.7 Å². The summed E-state index contributed by atoms with van der Waals surface area (Å²) in [6, 6.07) is 4.49. The van der Waals surface area contributed by atoms with Crippen molar-refractivity contribution in [3.63, 3.8) is 0 Å². The van der Waals surface area contributed by atoms with Gasteiger partial charge >= 0.3 is 0 Å². The predicted molar refractivity (Wildman–Crippen MR) is 79.5 cm³/mol. The van der Waals surface area contributed by atoms with Crippen LogP contribution >= 0.6 is 0 Å². The molecule has 1 atom stereocenters. The van der Waals surface area contributed by atoms with Crippen LogP contribution in [0.4, 0.5) is 5.69 Å². The van der Waals surface area contributed by atoms with E-state index in [9.17, 15) is 13.2 Å². The zero-order valence-electron chi connectivity index (χ0n) is 12.2. The molecule has 0 aromatic heterocycles. The number of anilines is 1. The van der Waals surface area contributed by atoms with Crippen LogP contribution in [-0.2, 0) is 19.6 Å². The molecule has 120 valence electrons. The summed E-state index contributed by atoms with van der Waals surface area (Å²) < 4.78 is 38.0. The van der Waals surface area contributed by atoms with E-state index in [1.165, 1.54) is 17.0 Å². The van der Waals surface area contributed by atoms with E-state index >= 15 is 0 Å². The van der Waals surface area contributed by atoms with Gasteiger partial charge in [0.2, 0.25) is 10.0 Å². The molecule has 22 heavy (non-hydrogen) atoms. The van der Waals surface area contributed by atoms with Crippen molar-refractivity contribution < 1.29 is 22.7 Å². The third-order valence-corrected chi connectivity index (χ3v) is 5.27. The molecule has 1 unspecified atom stereocenters. The van der Waals surface area contributed by atoms with Crippen molar-refractivity contribution in [1.82, 2.24) is 4.72 Å². The number of carbonyl (C=O) groups is 1. The molecule has 2 aliphatic heterocycles. The maximum atomic E-state index is 12.4. The van der Waals surface area contributed by atoms with Gasteiger partial charge in [0.1, 0.15) is 5.75 Å². The summed E-state index contributed by atoms with van der Waals surface area (Å²) in [7, 11) is -2.05. The van der Waals surface area contributed by atoms with E-state index < -0.39 is 10.0 Å². The molecule has 0 radical (unpaired) electrons. The Morgan fingerprint density at radius 2 is 2.23 bits per heavy atom. The number of hydrogen-bond donors (Lipinski definition) is 1. The first kappa shape index (κ1) is 15.3.